The number of nitrogens with two attached hydrogens (primary N) is 1. The standard InChI is InChI=1S/C19H26N4O/c1-11(2)8-13-16(10-19(4,5)24)23-15-7-6-12(3)9-14(15)21-17(20)18(23)22-13/h6-7,9,11,24H,8,10H2,1-5H3,(H2,20,21). The minimum atomic E-state index is -0.823. The molecule has 2 aromatic heterocycles. The molecule has 0 aliphatic rings. The molecular formula is C19H26N4O. The topological polar surface area (TPSA) is 76.4 Å². The summed E-state index contributed by atoms with van der Waals surface area (Å²) in [6.45, 7) is 10.0. The van der Waals surface area contributed by atoms with E-state index in [0.29, 0.717) is 23.8 Å². The molecular weight excluding hydrogens is 300 g/mol. The second kappa shape index (κ2) is 5.74. The Bertz CT molecular complexity index is 903. The lowest BCUT2D eigenvalue weighted by Crippen LogP contribution is -2.24. The minimum Gasteiger partial charge on any atom is -0.390 e. The fraction of sp³-hybridized carbons (Fsp3) is 0.474. The average molecular weight is 326 g/mol. The minimum absolute atomic E-state index is 0.431. The largest absolute Gasteiger partial charge is 0.390 e. The van der Waals surface area contributed by atoms with Gasteiger partial charge >= 0.3 is 0 Å². The zero-order valence-corrected chi connectivity index (χ0v) is 15.1. The van der Waals surface area contributed by atoms with Gasteiger partial charge in [0.05, 0.1) is 22.3 Å². The molecule has 1 aromatic carbocycles. The van der Waals surface area contributed by atoms with E-state index in [1.165, 1.54) is 0 Å². The molecule has 3 N–H and O–H groups in total. The highest BCUT2D eigenvalue weighted by atomic mass is 16.3. The molecule has 3 rings (SSSR count). The van der Waals surface area contributed by atoms with Crippen LogP contribution in [0.5, 0.6) is 0 Å². The summed E-state index contributed by atoms with van der Waals surface area (Å²) in [6, 6.07) is 6.15. The average Bonchev–Trinajstić information content (AvgIpc) is 2.75. The van der Waals surface area contributed by atoms with Gasteiger partial charge in [0.15, 0.2) is 11.5 Å². The van der Waals surface area contributed by atoms with E-state index in [1.807, 2.05) is 26.8 Å². The number of hydrogen-bond donors (Lipinski definition) is 2. The maximum Gasteiger partial charge on any atom is 0.180 e. The molecule has 0 atom stereocenters. The summed E-state index contributed by atoms with van der Waals surface area (Å²) in [5.41, 5.74) is 11.0. The Hall–Kier alpha value is -2.14. The molecule has 128 valence electrons. The first-order valence-electron chi connectivity index (χ1n) is 8.44. The number of aliphatic hydroxyl groups is 1. The number of aryl methyl sites for hydroxylation is 1. The van der Waals surface area contributed by atoms with Crippen LogP contribution in [-0.4, -0.2) is 25.1 Å². The van der Waals surface area contributed by atoms with Gasteiger partial charge in [-0.1, -0.05) is 19.9 Å². The van der Waals surface area contributed by atoms with Gasteiger partial charge in [0.2, 0.25) is 0 Å². The monoisotopic (exact) mass is 326 g/mol. The summed E-state index contributed by atoms with van der Waals surface area (Å²) in [7, 11) is 0. The number of fused-ring (bicyclic) bond motifs is 3. The molecule has 24 heavy (non-hydrogen) atoms. The molecule has 0 aliphatic carbocycles. The van der Waals surface area contributed by atoms with Gasteiger partial charge in [-0.3, -0.25) is 4.40 Å². The quantitative estimate of drug-likeness (QED) is 0.771. The van der Waals surface area contributed by atoms with Gasteiger partial charge in [0.1, 0.15) is 0 Å². The van der Waals surface area contributed by atoms with Crippen molar-refractivity contribution in [1.82, 2.24) is 14.4 Å². The van der Waals surface area contributed by atoms with Crippen molar-refractivity contribution in [3.63, 3.8) is 0 Å². The Morgan fingerprint density at radius 3 is 2.58 bits per heavy atom. The Kier molecular flexibility index (Phi) is 4.00. The van der Waals surface area contributed by atoms with Crippen molar-refractivity contribution in [2.45, 2.75) is 53.1 Å². The van der Waals surface area contributed by atoms with Crippen LogP contribution in [0.25, 0.3) is 16.7 Å². The van der Waals surface area contributed by atoms with Crippen molar-refractivity contribution >= 4 is 22.5 Å². The number of imidazole rings is 1. The van der Waals surface area contributed by atoms with Crippen LogP contribution in [-0.2, 0) is 12.8 Å². The molecule has 0 unspecified atom stereocenters. The number of hydrogen-bond acceptors (Lipinski definition) is 4. The van der Waals surface area contributed by atoms with Crippen molar-refractivity contribution in [2.75, 3.05) is 5.73 Å². The van der Waals surface area contributed by atoms with Crippen molar-refractivity contribution in [3.8, 4) is 0 Å². The molecule has 5 heteroatoms. The smallest absolute Gasteiger partial charge is 0.180 e. The van der Waals surface area contributed by atoms with Gasteiger partial charge in [-0.25, -0.2) is 9.97 Å². The lowest BCUT2D eigenvalue weighted by molar-refractivity contribution is 0.0795. The van der Waals surface area contributed by atoms with Crippen LogP contribution < -0.4 is 5.73 Å². The van der Waals surface area contributed by atoms with Crippen LogP contribution in [0.15, 0.2) is 18.2 Å². The third-order valence-electron chi connectivity index (χ3n) is 4.10. The lowest BCUT2D eigenvalue weighted by atomic mass is 9.98. The van der Waals surface area contributed by atoms with Crippen LogP contribution >= 0.6 is 0 Å². The SMILES string of the molecule is Cc1ccc2c(c1)nc(N)c1nc(CC(C)C)c(CC(C)(C)O)n12. The number of benzene rings is 1. The zero-order chi connectivity index (χ0) is 17.6. The first-order valence-corrected chi connectivity index (χ1v) is 8.44. The number of rotatable bonds is 4. The summed E-state index contributed by atoms with van der Waals surface area (Å²) in [5, 5.41) is 10.4. The second-order valence-corrected chi connectivity index (χ2v) is 7.74. The third kappa shape index (κ3) is 3.08. The van der Waals surface area contributed by atoms with Crippen molar-refractivity contribution in [1.29, 1.82) is 0 Å². The number of nitrogens with zero attached hydrogens (tertiary/aromatic N) is 3. The van der Waals surface area contributed by atoms with Crippen LogP contribution in [0.3, 0.4) is 0 Å². The van der Waals surface area contributed by atoms with Crippen molar-refractivity contribution in [3.05, 3.63) is 35.2 Å². The molecule has 0 saturated carbocycles. The molecule has 0 radical (unpaired) electrons. The van der Waals surface area contributed by atoms with Crippen LogP contribution in [0.2, 0.25) is 0 Å². The zero-order valence-electron chi connectivity index (χ0n) is 15.1. The van der Waals surface area contributed by atoms with Crippen molar-refractivity contribution < 1.29 is 5.11 Å². The normalized spacial score (nSPS) is 12.6. The molecule has 0 aliphatic heterocycles. The first-order chi connectivity index (χ1) is 11.2. The second-order valence-electron chi connectivity index (χ2n) is 7.74. The fourth-order valence-electron chi connectivity index (χ4n) is 3.16. The summed E-state index contributed by atoms with van der Waals surface area (Å²) in [6.07, 6.45) is 1.36. The van der Waals surface area contributed by atoms with Gasteiger partial charge in [0.25, 0.3) is 0 Å². The summed E-state index contributed by atoms with van der Waals surface area (Å²) in [4.78, 5) is 9.30. The van der Waals surface area contributed by atoms with E-state index in [-0.39, 0.29) is 0 Å². The van der Waals surface area contributed by atoms with Crippen molar-refractivity contribution in [2.24, 2.45) is 5.92 Å². The molecule has 0 spiro atoms. The maximum absolute atomic E-state index is 10.4. The van der Waals surface area contributed by atoms with E-state index >= 15 is 0 Å². The van der Waals surface area contributed by atoms with E-state index in [1.54, 1.807) is 0 Å². The molecule has 0 amide bonds. The lowest BCUT2D eigenvalue weighted by Gasteiger charge is -2.19. The predicted octanol–water partition coefficient (Wildman–Crippen LogP) is 3.29. The van der Waals surface area contributed by atoms with E-state index in [2.05, 4.69) is 35.4 Å². The Morgan fingerprint density at radius 1 is 1.25 bits per heavy atom. The highest BCUT2D eigenvalue weighted by Gasteiger charge is 2.23. The predicted molar refractivity (Wildman–Crippen MR) is 98.2 cm³/mol. The van der Waals surface area contributed by atoms with Crippen LogP contribution in [0, 0.1) is 12.8 Å². The number of nitrogen functional groups attached to an aromatic ring is 1. The van der Waals surface area contributed by atoms with E-state index in [4.69, 9.17) is 10.7 Å². The first kappa shape index (κ1) is 16.7. The van der Waals surface area contributed by atoms with Crippen LogP contribution in [0.1, 0.15) is 44.6 Å². The molecule has 3 aromatic rings. The highest BCUT2D eigenvalue weighted by molar-refractivity contribution is 5.83. The fourth-order valence-corrected chi connectivity index (χ4v) is 3.16. The van der Waals surface area contributed by atoms with Gasteiger partial charge in [-0.15, -0.1) is 0 Å². The van der Waals surface area contributed by atoms with Gasteiger partial charge in [-0.05, 0) is 50.8 Å². The Balaban J connectivity index is 2.38. The Morgan fingerprint density at radius 2 is 1.96 bits per heavy atom. The van der Waals surface area contributed by atoms with E-state index < -0.39 is 5.60 Å². The highest BCUT2D eigenvalue weighted by Crippen LogP contribution is 2.27. The summed E-state index contributed by atoms with van der Waals surface area (Å²) < 4.78 is 2.08. The molecule has 0 fully saturated rings. The van der Waals surface area contributed by atoms with Gasteiger partial charge in [0, 0.05) is 12.1 Å². The number of aromatic nitrogens is 3. The number of anilines is 1. The third-order valence-corrected chi connectivity index (χ3v) is 4.10. The molecule has 0 bridgehead atoms. The van der Waals surface area contributed by atoms with E-state index in [9.17, 15) is 5.11 Å². The van der Waals surface area contributed by atoms with E-state index in [0.717, 1.165) is 34.4 Å². The summed E-state index contributed by atoms with van der Waals surface area (Å²) in [5.74, 6) is 0.901. The maximum atomic E-state index is 10.4. The molecule has 2 heterocycles. The van der Waals surface area contributed by atoms with Gasteiger partial charge < -0.3 is 10.8 Å². The Labute approximate surface area is 142 Å². The molecule has 0 saturated heterocycles. The molecule has 5 nitrogen and oxygen atoms in total. The summed E-state index contributed by atoms with van der Waals surface area (Å²) >= 11 is 0. The van der Waals surface area contributed by atoms with Gasteiger partial charge in [-0.2, -0.15) is 0 Å². The van der Waals surface area contributed by atoms with Crippen LogP contribution in [0.4, 0.5) is 5.82 Å².